The molecule has 102 valence electrons. The molecule has 1 aromatic heterocycles. The van der Waals surface area contributed by atoms with Gasteiger partial charge in [-0.2, -0.15) is 0 Å². The first kappa shape index (κ1) is 13.9. The van der Waals surface area contributed by atoms with Gasteiger partial charge in [-0.1, -0.05) is 36.3 Å². The van der Waals surface area contributed by atoms with Crippen molar-refractivity contribution in [1.82, 2.24) is 10.6 Å². The van der Waals surface area contributed by atoms with Gasteiger partial charge >= 0.3 is 0 Å². The molecule has 0 saturated carbocycles. The Labute approximate surface area is 118 Å². The van der Waals surface area contributed by atoms with Crippen LogP contribution < -0.4 is 10.6 Å². The van der Waals surface area contributed by atoms with Crippen molar-refractivity contribution in [2.45, 2.75) is 6.04 Å². The Bertz CT molecular complexity index is 570. The van der Waals surface area contributed by atoms with Gasteiger partial charge < -0.3 is 9.73 Å². The number of furan rings is 1. The van der Waals surface area contributed by atoms with E-state index >= 15 is 0 Å². The zero-order valence-electron chi connectivity index (χ0n) is 11.0. The number of nitrogens with one attached hydrogen (secondary N) is 2. The summed E-state index contributed by atoms with van der Waals surface area (Å²) < 4.78 is 5.44. The van der Waals surface area contributed by atoms with Gasteiger partial charge in [0.25, 0.3) is 0 Å². The number of carbonyl (C=O) groups excluding carboxylic acids is 1. The van der Waals surface area contributed by atoms with Crippen molar-refractivity contribution in [3.8, 4) is 12.3 Å². The largest absolute Gasteiger partial charge is 0.467 e. The van der Waals surface area contributed by atoms with E-state index in [2.05, 4.69) is 16.6 Å². The van der Waals surface area contributed by atoms with Crippen LogP contribution in [0.2, 0.25) is 0 Å². The highest BCUT2D eigenvalue weighted by molar-refractivity contribution is 5.78. The predicted molar refractivity (Wildman–Crippen MR) is 76.8 cm³/mol. The third-order valence-corrected chi connectivity index (χ3v) is 2.81. The van der Waals surface area contributed by atoms with Crippen molar-refractivity contribution in [2.75, 3.05) is 13.1 Å². The summed E-state index contributed by atoms with van der Waals surface area (Å²) >= 11 is 0. The van der Waals surface area contributed by atoms with Crippen LogP contribution in [0.1, 0.15) is 17.4 Å². The number of carbonyl (C=O) groups is 1. The summed E-state index contributed by atoms with van der Waals surface area (Å²) in [6.07, 6.45) is 6.72. The summed E-state index contributed by atoms with van der Waals surface area (Å²) in [5, 5.41) is 5.79. The summed E-state index contributed by atoms with van der Waals surface area (Å²) in [6.45, 7) is 0.402. The molecule has 0 spiro atoms. The van der Waals surface area contributed by atoms with E-state index in [9.17, 15) is 4.79 Å². The number of amides is 1. The van der Waals surface area contributed by atoms with Crippen LogP contribution in [0.15, 0.2) is 53.1 Å². The Morgan fingerprint density at radius 3 is 2.70 bits per heavy atom. The van der Waals surface area contributed by atoms with Crippen molar-refractivity contribution in [3.63, 3.8) is 0 Å². The van der Waals surface area contributed by atoms with Crippen LogP contribution in [0.25, 0.3) is 0 Å². The molecule has 0 fully saturated rings. The maximum absolute atomic E-state index is 11.6. The van der Waals surface area contributed by atoms with E-state index < -0.39 is 0 Å². The lowest BCUT2D eigenvalue weighted by molar-refractivity contribution is -0.120. The molecular weight excluding hydrogens is 252 g/mol. The molecule has 0 aliphatic heterocycles. The van der Waals surface area contributed by atoms with Gasteiger partial charge in [-0.25, -0.2) is 0 Å². The lowest BCUT2D eigenvalue weighted by Gasteiger charge is -2.16. The molecule has 1 heterocycles. The number of hydrogen-bond donors (Lipinski definition) is 2. The second kappa shape index (κ2) is 7.17. The van der Waals surface area contributed by atoms with Crippen LogP contribution in [-0.4, -0.2) is 19.0 Å². The minimum atomic E-state index is -0.164. The lowest BCUT2D eigenvalue weighted by atomic mass is 10.0. The topological polar surface area (TPSA) is 54.3 Å². The summed E-state index contributed by atoms with van der Waals surface area (Å²) in [5.41, 5.74) is 1.03. The average molecular weight is 268 g/mol. The molecule has 20 heavy (non-hydrogen) atoms. The molecule has 0 aliphatic rings. The highest BCUT2D eigenvalue weighted by atomic mass is 16.3. The monoisotopic (exact) mass is 268 g/mol. The smallest absolute Gasteiger partial charge is 0.234 e. The van der Waals surface area contributed by atoms with Crippen LogP contribution in [0, 0.1) is 12.3 Å². The Hall–Kier alpha value is -2.51. The predicted octanol–water partition coefficient (Wildman–Crippen LogP) is 1.71. The molecule has 0 unspecified atom stereocenters. The first-order chi connectivity index (χ1) is 9.81. The minimum Gasteiger partial charge on any atom is -0.467 e. The second-order valence-corrected chi connectivity index (χ2v) is 4.22. The zero-order chi connectivity index (χ0) is 14.2. The average Bonchev–Trinajstić information content (AvgIpc) is 3.00. The van der Waals surface area contributed by atoms with Crippen molar-refractivity contribution in [3.05, 3.63) is 60.1 Å². The number of terminal acetylenes is 1. The minimum absolute atomic E-state index is 0.143. The van der Waals surface area contributed by atoms with Crippen molar-refractivity contribution in [2.24, 2.45) is 0 Å². The molecule has 2 rings (SSSR count). The molecule has 4 heteroatoms. The SMILES string of the molecule is C#CCNC(=O)CN[C@@H](c1ccccc1)c1ccco1. The fourth-order valence-corrected chi connectivity index (χ4v) is 1.89. The second-order valence-electron chi connectivity index (χ2n) is 4.22. The zero-order valence-corrected chi connectivity index (χ0v) is 11.0. The van der Waals surface area contributed by atoms with E-state index in [-0.39, 0.29) is 25.0 Å². The van der Waals surface area contributed by atoms with E-state index in [4.69, 9.17) is 10.8 Å². The molecule has 1 atom stereocenters. The van der Waals surface area contributed by atoms with Crippen molar-refractivity contribution < 1.29 is 9.21 Å². The summed E-state index contributed by atoms with van der Waals surface area (Å²) in [6, 6.07) is 13.4. The van der Waals surface area contributed by atoms with Crippen LogP contribution >= 0.6 is 0 Å². The third kappa shape index (κ3) is 3.74. The number of benzene rings is 1. The summed E-state index contributed by atoms with van der Waals surface area (Å²) in [7, 11) is 0. The van der Waals surface area contributed by atoms with Gasteiger partial charge in [0.1, 0.15) is 5.76 Å². The highest BCUT2D eigenvalue weighted by Gasteiger charge is 2.17. The van der Waals surface area contributed by atoms with Crippen LogP contribution in [0.4, 0.5) is 0 Å². The molecule has 0 bridgehead atoms. The molecule has 2 N–H and O–H groups in total. The first-order valence-electron chi connectivity index (χ1n) is 6.33. The van der Waals surface area contributed by atoms with E-state index in [1.54, 1.807) is 6.26 Å². The Morgan fingerprint density at radius 2 is 2.05 bits per heavy atom. The molecule has 4 nitrogen and oxygen atoms in total. The molecule has 2 aromatic rings. The Balaban J connectivity index is 2.05. The van der Waals surface area contributed by atoms with Gasteiger partial charge in [-0.15, -0.1) is 6.42 Å². The maximum atomic E-state index is 11.6. The van der Waals surface area contributed by atoms with Gasteiger partial charge in [0.05, 0.1) is 25.4 Å². The van der Waals surface area contributed by atoms with Crippen LogP contribution in [0.3, 0.4) is 0 Å². The van der Waals surface area contributed by atoms with Gasteiger partial charge in [0.2, 0.25) is 5.91 Å². The fraction of sp³-hybridized carbons (Fsp3) is 0.188. The van der Waals surface area contributed by atoms with E-state index in [0.29, 0.717) is 0 Å². The summed E-state index contributed by atoms with van der Waals surface area (Å²) in [5.74, 6) is 2.99. The molecule has 1 amide bonds. The molecular formula is C16H16N2O2. The van der Waals surface area contributed by atoms with E-state index in [1.165, 1.54) is 0 Å². The standard InChI is InChI=1S/C16H16N2O2/c1-2-10-17-15(19)12-18-16(14-9-6-11-20-14)13-7-4-3-5-8-13/h1,3-9,11,16,18H,10,12H2,(H,17,19)/t16-/m0/s1. The van der Waals surface area contributed by atoms with Gasteiger partial charge in [-0.05, 0) is 17.7 Å². The van der Waals surface area contributed by atoms with Gasteiger partial charge in [0.15, 0.2) is 0 Å². The van der Waals surface area contributed by atoms with Crippen molar-refractivity contribution in [1.29, 1.82) is 0 Å². The Morgan fingerprint density at radius 1 is 1.25 bits per heavy atom. The van der Waals surface area contributed by atoms with Crippen molar-refractivity contribution >= 4 is 5.91 Å². The van der Waals surface area contributed by atoms with Crippen LogP contribution in [0.5, 0.6) is 0 Å². The lowest BCUT2D eigenvalue weighted by Crippen LogP contribution is -2.36. The number of rotatable bonds is 6. The fourth-order valence-electron chi connectivity index (χ4n) is 1.89. The highest BCUT2D eigenvalue weighted by Crippen LogP contribution is 2.21. The van der Waals surface area contributed by atoms with Gasteiger partial charge in [-0.3, -0.25) is 10.1 Å². The first-order valence-corrected chi connectivity index (χ1v) is 6.33. The molecule has 0 saturated heterocycles. The Kier molecular flexibility index (Phi) is 4.99. The normalized spacial score (nSPS) is 11.6. The van der Waals surface area contributed by atoms with Crippen LogP contribution in [-0.2, 0) is 4.79 Å². The molecule has 0 aliphatic carbocycles. The van der Waals surface area contributed by atoms with E-state index in [0.717, 1.165) is 11.3 Å². The quantitative estimate of drug-likeness (QED) is 0.784. The third-order valence-electron chi connectivity index (χ3n) is 2.81. The molecule has 1 aromatic carbocycles. The molecule has 0 radical (unpaired) electrons. The maximum Gasteiger partial charge on any atom is 0.234 e. The van der Waals surface area contributed by atoms with E-state index in [1.807, 2.05) is 42.5 Å². The number of hydrogen-bond acceptors (Lipinski definition) is 3. The summed E-state index contributed by atoms with van der Waals surface area (Å²) in [4.78, 5) is 11.6. The van der Waals surface area contributed by atoms with Gasteiger partial charge in [0, 0.05) is 0 Å².